The first-order chi connectivity index (χ1) is 9.26. The Bertz CT molecular complexity index is 384. The van der Waals surface area contributed by atoms with E-state index < -0.39 is 0 Å². The first kappa shape index (κ1) is 19.1. The summed E-state index contributed by atoms with van der Waals surface area (Å²) in [5.41, 5.74) is 0. The number of rotatable bonds is 8. The summed E-state index contributed by atoms with van der Waals surface area (Å²) < 4.78 is 10.3. The molecular weight excluding hydrogens is 373 g/mol. The molecule has 0 fully saturated rings. The second kappa shape index (κ2) is 11.9. The Labute approximate surface area is 137 Å². The van der Waals surface area contributed by atoms with E-state index in [2.05, 4.69) is 25.8 Å². The molecular formula is C12H24IN5O2. The highest BCUT2D eigenvalue weighted by Crippen LogP contribution is 1.97. The fourth-order valence-electron chi connectivity index (χ4n) is 1.42. The summed E-state index contributed by atoms with van der Waals surface area (Å²) >= 11 is 0. The summed E-state index contributed by atoms with van der Waals surface area (Å²) in [7, 11) is 0. The molecule has 0 spiro atoms. The zero-order valence-electron chi connectivity index (χ0n) is 12.3. The average Bonchev–Trinajstić information content (AvgIpc) is 2.81. The van der Waals surface area contributed by atoms with Crippen molar-refractivity contribution in [2.45, 2.75) is 33.7 Å². The molecule has 0 bridgehead atoms. The molecule has 0 aromatic carbocycles. The third kappa shape index (κ3) is 8.31. The summed E-state index contributed by atoms with van der Waals surface area (Å²) in [6.07, 6.45) is 0.942. The van der Waals surface area contributed by atoms with Crippen molar-refractivity contribution in [1.82, 2.24) is 20.8 Å². The number of ether oxygens (including phenoxy) is 1. The van der Waals surface area contributed by atoms with Gasteiger partial charge in [0.15, 0.2) is 11.8 Å². The molecule has 0 amide bonds. The van der Waals surface area contributed by atoms with Crippen molar-refractivity contribution in [3.05, 3.63) is 11.7 Å². The Hall–Kier alpha value is -0.900. The fraction of sp³-hybridized carbons (Fsp3) is 0.750. The number of guanidine groups is 1. The minimum Gasteiger partial charge on any atom is -0.382 e. The van der Waals surface area contributed by atoms with Crippen LogP contribution in [0, 0.1) is 6.92 Å². The molecule has 8 heteroatoms. The van der Waals surface area contributed by atoms with Crippen molar-refractivity contribution in [1.29, 1.82) is 0 Å². The largest absolute Gasteiger partial charge is 0.382 e. The van der Waals surface area contributed by atoms with Crippen LogP contribution in [0.25, 0.3) is 0 Å². The number of halogens is 1. The molecule has 0 aliphatic heterocycles. The molecule has 2 N–H and O–H groups in total. The summed E-state index contributed by atoms with van der Waals surface area (Å²) in [6.45, 7) is 9.31. The highest BCUT2D eigenvalue weighted by atomic mass is 127. The molecule has 7 nitrogen and oxygen atoms in total. The lowest BCUT2D eigenvalue weighted by Gasteiger charge is -2.10. The zero-order chi connectivity index (χ0) is 13.9. The van der Waals surface area contributed by atoms with Gasteiger partial charge in [-0.25, -0.2) is 4.99 Å². The normalized spacial score (nSPS) is 11.1. The minimum absolute atomic E-state index is 0. The van der Waals surface area contributed by atoms with E-state index in [9.17, 15) is 0 Å². The van der Waals surface area contributed by atoms with E-state index in [0.29, 0.717) is 18.3 Å². The number of aryl methyl sites for hydroxylation is 1. The molecule has 1 aromatic heterocycles. The SMILES string of the molecule is CCNC(=NCc1nc(C)no1)NCCCOCC.I. The van der Waals surface area contributed by atoms with E-state index >= 15 is 0 Å². The Morgan fingerprint density at radius 3 is 2.75 bits per heavy atom. The van der Waals surface area contributed by atoms with Crippen LogP contribution in [0.1, 0.15) is 32.0 Å². The molecule has 116 valence electrons. The van der Waals surface area contributed by atoms with Gasteiger partial charge in [0, 0.05) is 26.3 Å². The minimum atomic E-state index is 0. The van der Waals surface area contributed by atoms with E-state index in [1.54, 1.807) is 6.92 Å². The van der Waals surface area contributed by atoms with E-state index in [1.807, 2.05) is 13.8 Å². The molecule has 0 radical (unpaired) electrons. The molecule has 1 rings (SSSR count). The highest BCUT2D eigenvalue weighted by molar-refractivity contribution is 14.0. The van der Waals surface area contributed by atoms with Crippen molar-refractivity contribution >= 4 is 29.9 Å². The van der Waals surface area contributed by atoms with Gasteiger partial charge in [0.25, 0.3) is 0 Å². The quantitative estimate of drug-likeness (QED) is 0.299. The van der Waals surface area contributed by atoms with Crippen LogP contribution in [0.2, 0.25) is 0 Å². The van der Waals surface area contributed by atoms with Crippen molar-refractivity contribution in [2.24, 2.45) is 4.99 Å². The molecule has 20 heavy (non-hydrogen) atoms. The number of aromatic nitrogens is 2. The molecule has 1 aromatic rings. The van der Waals surface area contributed by atoms with Crippen LogP contribution in [0.5, 0.6) is 0 Å². The first-order valence-corrected chi connectivity index (χ1v) is 6.65. The molecule has 0 aliphatic rings. The van der Waals surface area contributed by atoms with Crippen molar-refractivity contribution in [2.75, 3.05) is 26.3 Å². The van der Waals surface area contributed by atoms with Gasteiger partial charge in [-0.2, -0.15) is 4.98 Å². The van der Waals surface area contributed by atoms with E-state index in [0.717, 1.165) is 38.7 Å². The van der Waals surface area contributed by atoms with E-state index in [-0.39, 0.29) is 24.0 Å². The number of nitrogens with zero attached hydrogens (tertiary/aromatic N) is 3. The third-order valence-electron chi connectivity index (χ3n) is 2.25. The molecule has 0 aliphatic carbocycles. The van der Waals surface area contributed by atoms with Gasteiger partial charge in [0.05, 0.1) is 0 Å². The lowest BCUT2D eigenvalue weighted by molar-refractivity contribution is 0.145. The zero-order valence-corrected chi connectivity index (χ0v) is 14.6. The Balaban J connectivity index is 0.00000361. The van der Waals surface area contributed by atoms with Crippen LogP contribution in [0.15, 0.2) is 9.52 Å². The molecule has 1 heterocycles. The van der Waals surface area contributed by atoms with Gasteiger partial charge in [-0.05, 0) is 27.2 Å². The Kier molecular flexibility index (Phi) is 11.4. The van der Waals surface area contributed by atoms with Crippen LogP contribution < -0.4 is 10.6 Å². The van der Waals surface area contributed by atoms with Crippen molar-refractivity contribution in [3.63, 3.8) is 0 Å². The molecule has 0 saturated carbocycles. The van der Waals surface area contributed by atoms with Crippen LogP contribution >= 0.6 is 24.0 Å². The number of hydrogen-bond acceptors (Lipinski definition) is 5. The predicted molar refractivity (Wildman–Crippen MR) is 88.4 cm³/mol. The van der Waals surface area contributed by atoms with Gasteiger partial charge < -0.3 is 19.9 Å². The maximum absolute atomic E-state index is 5.27. The molecule has 0 atom stereocenters. The van der Waals surface area contributed by atoms with Gasteiger partial charge in [-0.3, -0.25) is 0 Å². The summed E-state index contributed by atoms with van der Waals surface area (Å²) in [6, 6.07) is 0. The molecule has 0 unspecified atom stereocenters. The van der Waals surface area contributed by atoms with Crippen LogP contribution in [0.4, 0.5) is 0 Å². The number of aliphatic imine (C=N–C) groups is 1. The third-order valence-corrected chi connectivity index (χ3v) is 2.25. The van der Waals surface area contributed by atoms with Gasteiger partial charge in [-0.15, -0.1) is 24.0 Å². The maximum atomic E-state index is 5.27. The first-order valence-electron chi connectivity index (χ1n) is 6.65. The lowest BCUT2D eigenvalue weighted by atomic mass is 10.4. The van der Waals surface area contributed by atoms with Gasteiger partial charge in [0.1, 0.15) is 6.54 Å². The second-order valence-corrected chi connectivity index (χ2v) is 3.91. The monoisotopic (exact) mass is 397 g/mol. The van der Waals surface area contributed by atoms with E-state index in [1.165, 1.54) is 0 Å². The topological polar surface area (TPSA) is 84.6 Å². The fourth-order valence-corrected chi connectivity index (χ4v) is 1.42. The predicted octanol–water partition coefficient (Wildman–Crippen LogP) is 1.48. The van der Waals surface area contributed by atoms with Gasteiger partial charge >= 0.3 is 0 Å². The summed E-state index contributed by atoms with van der Waals surface area (Å²) in [5.74, 6) is 1.89. The van der Waals surface area contributed by atoms with Crippen LogP contribution in [-0.2, 0) is 11.3 Å². The number of hydrogen-bond donors (Lipinski definition) is 2. The Morgan fingerprint density at radius 2 is 2.15 bits per heavy atom. The maximum Gasteiger partial charge on any atom is 0.248 e. The van der Waals surface area contributed by atoms with Gasteiger partial charge in [-0.1, -0.05) is 5.16 Å². The molecule has 0 saturated heterocycles. The number of nitrogens with one attached hydrogen (secondary N) is 2. The standard InChI is InChI=1S/C12H23N5O2.HI/c1-4-13-12(14-7-6-8-18-5-2)15-9-11-16-10(3)17-19-11;/h4-9H2,1-3H3,(H2,13,14,15);1H. The lowest BCUT2D eigenvalue weighted by Crippen LogP contribution is -2.38. The van der Waals surface area contributed by atoms with Crippen molar-refractivity contribution < 1.29 is 9.26 Å². The van der Waals surface area contributed by atoms with Crippen LogP contribution in [0.3, 0.4) is 0 Å². The smallest absolute Gasteiger partial charge is 0.248 e. The van der Waals surface area contributed by atoms with Crippen molar-refractivity contribution in [3.8, 4) is 0 Å². The van der Waals surface area contributed by atoms with Gasteiger partial charge in [0.2, 0.25) is 5.89 Å². The summed E-state index contributed by atoms with van der Waals surface area (Å²) in [5, 5.41) is 10.1. The highest BCUT2D eigenvalue weighted by Gasteiger charge is 2.02. The van der Waals surface area contributed by atoms with E-state index in [4.69, 9.17) is 9.26 Å². The average molecular weight is 397 g/mol. The Morgan fingerprint density at radius 1 is 1.35 bits per heavy atom. The second-order valence-electron chi connectivity index (χ2n) is 3.91. The van der Waals surface area contributed by atoms with Crippen LogP contribution in [-0.4, -0.2) is 42.4 Å². The summed E-state index contributed by atoms with van der Waals surface area (Å²) in [4.78, 5) is 8.48.